The van der Waals surface area contributed by atoms with Gasteiger partial charge in [-0.25, -0.2) is 9.97 Å². The predicted octanol–water partition coefficient (Wildman–Crippen LogP) is -0.808. The number of anilines is 1. The average Bonchev–Trinajstić information content (AvgIpc) is 3.09. The molecule has 0 unspecified atom stereocenters. The van der Waals surface area contributed by atoms with Crippen molar-refractivity contribution in [3.8, 4) is 0 Å². The molecule has 2 aliphatic heterocycles. The fraction of sp³-hybridized carbons (Fsp3) is 0.667. The summed E-state index contributed by atoms with van der Waals surface area (Å²) in [6.45, 7) is 7.73. The Balaban J connectivity index is 1.54. The summed E-state index contributed by atoms with van der Waals surface area (Å²) in [5.41, 5.74) is 0. The summed E-state index contributed by atoms with van der Waals surface area (Å²) in [5, 5.41) is 0. The van der Waals surface area contributed by atoms with Crippen molar-refractivity contribution in [1.82, 2.24) is 14.9 Å². The van der Waals surface area contributed by atoms with Crippen LogP contribution in [-0.4, -0.2) is 66.1 Å². The van der Waals surface area contributed by atoms with Crippen molar-refractivity contribution in [2.24, 2.45) is 0 Å². The van der Waals surface area contributed by atoms with Gasteiger partial charge in [0.25, 0.3) is 5.91 Å². The van der Waals surface area contributed by atoms with Crippen molar-refractivity contribution in [2.45, 2.75) is 25.8 Å². The molecule has 1 aromatic heterocycles. The maximum Gasteiger partial charge on any atom is 0.280 e. The van der Waals surface area contributed by atoms with Crippen LogP contribution in [0.5, 0.6) is 0 Å². The summed E-state index contributed by atoms with van der Waals surface area (Å²) in [7, 11) is 0. The van der Waals surface area contributed by atoms with Crippen LogP contribution in [0.1, 0.15) is 19.8 Å². The van der Waals surface area contributed by atoms with E-state index in [0.29, 0.717) is 5.91 Å². The van der Waals surface area contributed by atoms with E-state index in [1.807, 2.05) is 11.0 Å². The lowest BCUT2D eigenvalue weighted by Crippen LogP contribution is -3.19. The van der Waals surface area contributed by atoms with Gasteiger partial charge < -0.3 is 14.7 Å². The molecule has 21 heavy (non-hydrogen) atoms. The zero-order chi connectivity index (χ0) is 14.7. The average molecular weight is 290 g/mol. The minimum absolute atomic E-state index is 0.0712. The van der Waals surface area contributed by atoms with E-state index in [0.717, 1.165) is 58.1 Å². The summed E-state index contributed by atoms with van der Waals surface area (Å²) >= 11 is 0. The van der Waals surface area contributed by atoms with Crippen molar-refractivity contribution in [3.63, 3.8) is 0 Å². The van der Waals surface area contributed by atoms with Crippen LogP contribution in [0.15, 0.2) is 18.5 Å². The van der Waals surface area contributed by atoms with Gasteiger partial charge in [0.2, 0.25) is 5.95 Å². The van der Waals surface area contributed by atoms with Gasteiger partial charge in [0.1, 0.15) is 0 Å². The fourth-order valence-electron chi connectivity index (χ4n) is 3.27. The number of amides is 1. The first-order valence-corrected chi connectivity index (χ1v) is 7.91. The molecule has 1 atom stereocenters. The standard InChI is InChI=1S/C15H23N5O/c1-13(14(21)19-7-2-3-8-19)18-9-11-20(12-10-18)15-16-5-4-6-17-15/h4-6,13H,2-3,7-12H2,1H3/p+1/t13-/m1/s1. The second-order valence-corrected chi connectivity index (χ2v) is 5.95. The van der Waals surface area contributed by atoms with Gasteiger partial charge in [-0.05, 0) is 25.8 Å². The maximum atomic E-state index is 12.5. The number of hydrogen-bond donors (Lipinski definition) is 1. The highest BCUT2D eigenvalue weighted by Gasteiger charge is 2.33. The predicted molar refractivity (Wildman–Crippen MR) is 80.2 cm³/mol. The van der Waals surface area contributed by atoms with E-state index in [-0.39, 0.29) is 6.04 Å². The molecular formula is C15H24N5O+. The van der Waals surface area contributed by atoms with Crippen LogP contribution in [0, 0.1) is 0 Å². The van der Waals surface area contributed by atoms with Crippen molar-refractivity contribution in [2.75, 3.05) is 44.2 Å². The van der Waals surface area contributed by atoms with Crippen LogP contribution >= 0.6 is 0 Å². The van der Waals surface area contributed by atoms with Gasteiger partial charge in [-0.3, -0.25) is 4.79 Å². The smallest absolute Gasteiger partial charge is 0.280 e. The Morgan fingerprint density at radius 2 is 1.76 bits per heavy atom. The van der Waals surface area contributed by atoms with Gasteiger partial charge in [-0.1, -0.05) is 0 Å². The summed E-state index contributed by atoms with van der Waals surface area (Å²) in [4.78, 5) is 26.7. The van der Waals surface area contributed by atoms with Crippen LogP contribution in [0.4, 0.5) is 5.95 Å². The Kier molecular flexibility index (Phi) is 4.34. The number of piperazine rings is 1. The van der Waals surface area contributed by atoms with E-state index in [2.05, 4.69) is 21.8 Å². The molecule has 3 heterocycles. The third-order valence-corrected chi connectivity index (χ3v) is 4.64. The van der Waals surface area contributed by atoms with Crippen molar-refractivity contribution in [3.05, 3.63) is 18.5 Å². The first kappa shape index (κ1) is 14.3. The number of likely N-dealkylation sites (tertiary alicyclic amines) is 1. The van der Waals surface area contributed by atoms with E-state index in [9.17, 15) is 4.79 Å². The quantitative estimate of drug-likeness (QED) is 0.791. The lowest BCUT2D eigenvalue weighted by Gasteiger charge is -2.35. The molecule has 3 rings (SSSR count). The second kappa shape index (κ2) is 6.39. The summed E-state index contributed by atoms with van der Waals surface area (Å²) in [5.74, 6) is 1.13. The molecule has 0 aromatic carbocycles. The monoisotopic (exact) mass is 290 g/mol. The van der Waals surface area contributed by atoms with Gasteiger partial charge in [0.15, 0.2) is 6.04 Å². The summed E-state index contributed by atoms with van der Waals surface area (Å²) < 4.78 is 0. The molecule has 2 fully saturated rings. The van der Waals surface area contributed by atoms with E-state index in [4.69, 9.17) is 0 Å². The van der Waals surface area contributed by atoms with Crippen molar-refractivity contribution in [1.29, 1.82) is 0 Å². The lowest BCUT2D eigenvalue weighted by molar-refractivity contribution is -0.915. The van der Waals surface area contributed by atoms with Gasteiger partial charge in [-0.15, -0.1) is 0 Å². The largest absolute Gasteiger partial charge is 0.338 e. The second-order valence-electron chi connectivity index (χ2n) is 5.95. The molecule has 6 nitrogen and oxygen atoms in total. The zero-order valence-corrected chi connectivity index (χ0v) is 12.7. The number of aromatic nitrogens is 2. The van der Waals surface area contributed by atoms with Crippen LogP contribution in [0.25, 0.3) is 0 Å². The number of carbonyl (C=O) groups is 1. The number of carbonyl (C=O) groups excluding carboxylic acids is 1. The van der Waals surface area contributed by atoms with Crippen LogP contribution < -0.4 is 9.80 Å². The van der Waals surface area contributed by atoms with E-state index < -0.39 is 0 Å². The fourth-order valence-corrected chi connectivity index (χ4v) is 3.27. The van der Waals surface area contributed by atoms with Gasteiger partial charge in [0, 0.05) is 25.5 Å². The summed E-state index contributed by atoms with van der Waals surface area (Å²) in [6, 6.07) is 1.91. The first-order chi connectivity index (χ1) is 10.3. The molecule has 114 valence electrons. The maximum absolute atomic E-state index is 12.5. The minimum Gasteiger partial charge on any atom is -0.338 e. The van der Waals surface area contributed by atoms with Crippen molar-refractivity contribution >= 4 is 11.9 Å². The van der Waals surface area contributed by atoms with E-state index >= 15 is 0 Å². The Morgan fingerprint density at radius 3 is 2.38 bits per heavy atom. The minimum atomic E-state index is 0.0712. The first-order valence-electron chi connectivity index (χ1n) is 7.91. The van der Waals surface area contributed by atoms with Crippen LogP contribution in [0.2, 0.25) is 0 Å². The SMILES string of the molecule is C[C@H](C(=O)N1CCCC1)[NH+]1CCN(c2ncccn2)CC1. The van der Waals surface area contributed by atoms with Gasteiger partial charge >= 0.3 is 0 Å². The van der Waals surface area contributed by atoms with Crippen LogP contribution in [0.3, 0.4) is 0 Å². The van der Waals surface area contributed by atoms with Crippen LogP contribution in [-0.2, 0) is 4.79 Å². The Hall–Kier alpha value is -1.69. The van der Waals surface area contributed by atoms with Gasteiger partial charge in [-0.2, -0.15) is 0 Å². The highest BCUT2D eigenvalue weighted by atomic mass is 16.2. The van der Waals surface area contributed by atoms with E-state index in [1.54, 1.807) is 12.4 Å². The molecule has 0 aliphatic carbocycles. The lowest BCUT2D eigenvalue weighted by atomic mass is 10.2. The number of quaternary nitrogens is 1. The molecule has 1 amide bonds. The highest BCUT2D eigenvalue weighted by molar-refractivity contribution is 5.80. The molecule has 2 saturated heterocycles. The number of nitrogens with zero attached hydrogens (tertiary/aromatic N) is 4. The Morgan fingerprint density at radius 1 is 1.14 bits per heavy atom. The highest BCUT2D eigenvalue weighted by Crippen LogP contribution is 2.09. The summed E-state index contributed by atoms with van der Waals surface area (Å²) in [6.07, 6.45) is 5.88. The number of nitrogens with one attached hydrogen (secondary N) is 1. The van der Waals surface area contributed by atoms with Gasteiger partial charge in [0.05, 0.1) is 26.2 Å². The number of rotatable bonds is 3. The molecule has 0 saturated carbocycles. The Bertz CT molecular complexity index is 466. The molecule has 0 spiro atoms. The van der Waals surface area contributed by atoms with Crippen molar-refractivity contribution < 1.29 is 9.69 Å². The topological polar surface area (TPSA) is 53.8 Å². The Labute approximate surface area is 125 Å². The third-order valence-electron chi connectivity index (χ3n) is 4.64. The normalized spacial score (nSPS) is 21.6. The molecular weight excluding hydrogens is 266 g/mol. The molecule has 1 aromatic rings. The molecule has 0 bridgehead atoms. The van der Waals surface area contributed by atoms with E-state index in [1.165, 1.54) is 4.90 Å². The molecule has 6 heteroatoms. The third kappa shape index (κ3) is 3.15. The number of hydrogen-bond acceptors (Lipinski definition) is 4. The molecule has 0 radical (unpaired) electrons. The molecule has 2 aliphatic rings. The zero-order valence-electron chi connectivity index (χ0n) is 12.7. The molecule has 1 N–H and O–H groups in total.